The lowest BCUT2D eigenvalue weighted by Crippen LogP contribution is -2.45. The van der Waals surface area contributed by atoms with Crippen molar-refractivity contribution in [1.29, 1.82) is 0 Å². The highest BCUT2D eigenvalue weighted by Crippen LogP contribution is 2.37. The first-order valence-corrected chi connectivity index (χ1v) is 8.08. The second kappa shape index (κ2) is 5.14. The number of nitrogens with one attached hydrogen (secondary N) is 1. The number of hydrogen-bond acceptors (Lipinski definition) is 3. The topological polar surface area (TPSA) is 49.4 Å². The summed E-state index contributed by atoms with van der Waals surface area (Å²) in [4.78, 5) is 26.2. The molecule has 4 heteroatoms. The molecule has 2 amide bonds. The maximum atomic E-state index is 12.5. The lowest BCUT2D eigenvalue weighted by atomic mass is 9.92. The number of carbonyl (C=O) groups is 2. The molecule has 0 spiro atoms. The summed E-state index contributed by atoms with van der Waals surface area (Å²) >= 11 is 0. The molecule has 2 aliphatic carbocycles. The van der Waals surface area contributed by atoms with Crippen molar-refractivity contribution in [3.05, 3.63) is 0 Å². The summed E-state index contributed by atoms with van der Waals surface area (Å²) in [6, 6.07) is 0.319. The van der Waals surface area contributed by atoms with Crippen LogP contribution >= 0.6 is 0 Å². The molecule has 0 aromatic carbocycles. The Bertz CT molecular complexity index is 413. The van der Waals surface area contributed by atoms with Gasteiger partial charge in [-0.1, -0.05) is 26.7 Å². The third-order valence-corrected chi connectivity index (χ3v) is 5.28. The number of hydrogen-bond donors (Lipinski definition) is 1. The van der Waals surface area contributed by atoms with E-state index in [1.165, 1.54) is 6.42 Å². The predicted octanol–water partition coefficient (Wildman–Crippen LogP) is 2.22. The SMILES string of the molecule is CC1(C)CCC(NC2CC(=O)N(C3CCCC3)C2=O)C1. The Labute approximate surface area is 121 Å². The molecule has 3 fully saturated rings. The summed E-state index contributed by atoms with van der Waals surface area (Å²) in [6.45, 7) is 4.56. The largest absolute Gasteiger partial charge is 0.303 e. The maximum Gasteiger partial charge on any atom is 0.247 e. The van der Waals surface area contributed by atoms with E-state index >= 15 is 0 Å². The van der Waals surface area contributed by atoms with E-state index in [4.69, 9.17) is 0 Å². The van der Waals surface area contributed by atoms with Gasteiger partial charge in [0, 0.05) is 12.1 Å². The van der Waals surface area contributed by atoms with Crippen molar-refractivity contribution in [2.24, 2.45) is 5.41 Å². The number of likely N-dealkylation sites (tertiary alicyclic amines) is 1. The van der Waals surface area contributed by atoms with Crippen molar-refractivity contribution in [1.82, 2.24) is 10.2 Å². The lowest BCUT2D eigenvalue weighted by molar-refractivity contribution is -0.141. The Morgan fingerprint density at radius 1 is 1.15 bits per heavy atom. The van der Waals surface area contributed by atoms with Crippen LogP contribution in [0.15, 0.2) is 0 Å². The van der Waals surface area contributed by atoms with Crippen molar-refractivity contribution in [3.63, 3.8) is 0 Å². The Hall–Kier alpha value is -0.900. The fourth-order valence-electron chi connectivity index (χ4n) is 4.19. The molecular formula is C16H26N2O2. The van der Waals surface area contributed by atoms with E-state index in [9.17, 15) is 9.59 Å². The van der Waals surface area contributed by atoms with E-state index in [0.29, 0.717) is 17.9 Å². The van der Waals surface area contributed by atoms with Gasteiger partial charge < -0.3 is 5.32 Å². The third-order valence-electron chi connectivity index (χ3n) is 5.28. The first-order valence-electron chi connectivity index (χ1n) is 8.08. The lowest BCUT2D eigenvalue weighted by Gasteiger charge is -2.23. The van der Waals surface area contributed by atoms with E-state index in [0.717, 1.165) is 38.5 Å². The molecule has 20 heavy (non-hydrogen) atoms. The van der Waals surface area contributed by atoms with E-state index in [1.807, 2.05) is 0 Å². The number of amides is 2. The highest BCUT2D eigenvalue weighted by molar-refractivity contribution is 6.05. The van der Waals surface area contributed by atoms with Gasteiger partial charge in [0.1, 0.15) is 0 Å². The number of nitrogens with zero attached hydrogens (tertiary/aromatic N) is 1. The van der Waals surface area contributed by atoms with E-state index in [1.54, 1.807) is 4.90 Å². The quantitative estimate of drug-likeness (QED) is 0.805. The Morgan fingerprint density at radius 2 is 1.85 bits per heavy atom. The van der Waals surface area contributed by atoms with Crippen molar-refractivity contribution in [2.45, 2.75) is 83.3 Å². The molecule has 2 atom stereocenters. The Balaban J connectivity index is 1.61. The molecule has 4 nitrogen and oxygen atoms in total. The van der Waals surface area contributed by atoms with Gasteiger partial charge in [-0.3, -0.25) is 14.5 Å². The first-order chi connectivity index (χ1) is 9.46. The van der Waals surface area contributed by atoms with Crippen LogP contribution in [0.2, 0.25) is 0 Å². The van der Waals surface area contributed by atoms with E-state index in [2.05, 4.69) is 19.2 Å². The van der Waals surface area contributed by atoms with Gasteiger partial charge in [0.25, 0.3) is 0 Å². The summed E-state index contributed by atoms with van der Waals surface area (Å²) in [6.07, 6.45) is 8.09. The van der Waals surface area contributed by atoms with Gasteiger partial charge in [0.2, 0.25) is 11.8 Å². The van der Waals surface area contributed by atoms with Crippen molar-refractivity contribution < 1.29 is 9.59 Å². The zero-order valence-electron chi connectivity index (χ0n) is 12.7. The highest BCUT2D eigenvalue weighted by Gasteiger charge is 2.44. The van der Waals surface area contributed by atoms with Crippen LogP contribution in [0.25, 0.3) is 0 Å². The van der Waals surface area contributed by atoms with Crippen LogP contribution in [0.5, 0.6) is 0 Å². The Morgan fingerprint density at radius 3 is 2.45 bits per heavy atom. The summed E-state index contributed by atoms with van der Waals surface area (Å²) in [5.74, 6) is 0.0725. The molecule has 2 saturated carbocycles. The molecule has 0 radical (unpaired) electrons. The van der Waals surface area contributed by atoms with Crippen LogP contribution < -0.4 is 5.32 Å². The maximum absolute atomic E-state index is 12.5. The molecule has 2 unspecified atom stereocenters. The zero-order valence-corrected chi connectivity index (χ0v) is 12.7. The molecule has 0 aromatic rings. The van der Waals surface area contributed by atoms with Crippen LogP contribution in [0, 0.1) is 5.41 Å². The smallest absolute Gasteiger partial charge is 0.247 e. The second-order valence-electron chi connectivity index (χ2n) is 7.57. The third kappa shape index (κ3) is 2.62. The van der Waals surface area contributed by atoms with Gasteiger partial charge in [-0.15, -0.1) is 0 Å². The molecular weight excluding hydrogens is 252 g/mol. The van der Waals surface area contributed by atoms with Crippen molar-refractivity contribution in [3.8, 4) is 0 Å². The number of imide groups is 1. The van der Waals surface area contributed by atoms with Crippen LogP contribution in [0.4, 0.5) is 0 Å². The molecule has 0 aromatic heterocycles. The monoisotopic (exact) mass is 278 g/mol. The van der Waals surface area contributed by atoms with Crippen molar-refractivity contribution >= 4 is 11.8 Å². The van der Waals surface area contributed by atoms with Gasteiger partial charge >= 0.3 is 0 Å². The minimum absolute atomic E-state index is 0.0339. The predicted molar refractivity (Wildman–Crippen MR) is 77.1 cm³/mol. The van der Waals surface area contributed by atoms with Gasteiger partial charge in [-0.25, -0.2) is 0 Å². The van der Waals surface area contributed by atoms with Gasteiger partial charge in [-0.05, 0) is 37.5 Å². The molecule has 1 N–H and O–H groups in total. The summed E-state index contributed by atoms with van der Waals surface area (Å²) in [5, 5.41) is 3.46. The summed E-state index contributed by atoms with van der Waals surface area (Å²) in [5.41, 5.74) is 0.370. The van der Waals surface area contributed by atoms with Crippen LogP contribution in [0.3, 0.4) is 0 Å². The van der Waals surface area contributed by atoms with Crippen LogP contribution in [-0.2, 0) is 9.59 Å². The minimum atomic E-state index is -0.262. The normalized spacial score (nSPS) is 34.4. The minimum Gasteiger partial charge on any atom is -0.303 e. The number of carbonyl (C=O) groups excluding carboxylic acids is 2. The Kier molecular flexibility index (Phi) is 3.61. The van der Waals surface area contributed by atoms with Gasteiger partial charge in [0.15, 0.2) is 0 Å². The molecule has 0 bridgehead atoms. The summed E-state index contributed by atoms with van der Waals surface area (Å²) < 4.78 is 0. The zero-order chi connectivity index (χ0) is 14.3. The highest BCUT2D eigenvalue weighted by atomic mass is 16.2. The molecule has 1 aliphatic heterocycles. The van der Waals surface area contributed by atoms with Crippen molar-refractivity contribution in [2.75, 3.05) is 0 Å². The first kappa shape index (κ1) is 14.1. The van der Waals surface area contributed by atoms with E-state index in [-0.39, 0.29) is 23.9 Å². The fraction of sp³-hybridized carbons (Fsp3) is 0.875. The van der Waals surface area contributed by atoms with Gasteiger partial charge in [-0.2, -0.15) is 0 Å². The van der Waals surface area contributed by atoms with E-state index < -0.39 is 0 Å². The average molecular weight is 278 g/mol. The molecule has 112 valence electrons. The van der Waals surface area contributed by atoms with Gasteiger partial charge in [0.05, 0.1) is 12.5 Å². The molecule has 1 saturated heterocycles. The summed E-state index contributed by atoms with van der Waals surface area (Å²) in [7, 11) is 0. The molecule has 1 heterocycles. The van der Waals surface area contributed by atoms with Crippen LogP contribution in [-0.4, -0.2) is 34.8 Å². The second-order valence-corrected chi connectivity index (χ2v) is 7.57. The molecule has 3 aliphatic rings. The molecule has 3 rings (SSSR count). The number of rotatable bonds is 3. The average Bonchev–Trinajstić information content (AvgIpc) is 3.03. The van der Waals surface area contributed by atoms with Crippen LogP contribution in [0.1, 0.15) is 65.2 Å². The fourth-order valence-corrected chi connectivity index (χ4v) is 4.19. The standard InChI is InChI=1S/C16H26N2O2/c1-16(2)8-7-11(10-16)17-13-9-14(19)18(15(13)20)12-5-3-4-6-12/h11-13,17H,3-10H2,1-2H3.